The fourth-order valence-corrected chi connectivity index (χ4v) is 4.66. The lowest BCUT2D eigenvalue weighted by atomic mass is 9.98. The van der Waals surface area contributed by atoms with Gasteiger partial charge in [-0.1, -0.05) is 6.07 Å². The lowest BCUT2D eigenvalue weighted by Gasteiger charge is -2.33. The lowest BCUT2D eigenvalue weighted by molar-refractivity contribution is 0.0689. The number of hydrogen-bond acceptors (Lipinski definition) is 5. The number of carbonyl (C=O) groups excluding carboxylic acids is 1. The van der Waals surface area contributed by atoms with Gasteiger partial charge in [0.25, 0.3) is 5.91 Å². The molecule has 166 valence electrons. The molecule has 5 aromatic heterocycles. The first-order valence-corrected chi connectivity index (χ1v) is 10.9. The molecular formula is C24H24N8O. The van der Waals surface area contributed by atoms with E-state index in [1.54, 1.807) is 17.0 Å². The van der Waals surface area contributed by atoms with Crippen molar-refractivity contribution >= 4 is 22.6 Å². The van der Waals surface area contributed by atoms with Gasteiger partial charge >= 0.3 is 0 Å². The predicted octanol–water partition coefficient (Wildman–Crippen LogP) is 2.87. The molecule has 9 nitrogen and oxygen atoms in total. The lowest BCUT2D eigenvalue weighted by Crippen LogP contribution is -2.41. The first kappa shape index (κ1) is 19.5. The number of imidazole rings is 1. The van der Waals surface area contributed by atoms with Crippen LogP contribution < -0.4 is 4.90 Å². The minimum Gasteiger partial charge on any atom is -0.376 e. The number of hydrogen-bond donors (Lipinski definition) is 1. The molecule has 1 amide bonds. The molecule has 1 N–H and O–H groups in total. The smallest absolute Gasteiger partial charge is 0.258 e. The number of amides is 1. The van der Waals surface area contributed by atoms with Gasteiger partial charge in [0, 0.05) is 39.0 Å². The number of H-pyrrole nitrogens is 1. The molecule has 5 aromatic rings. The molecule has 1 aliphatic heterocycles. The topological polar surface area (TPSA) is 86.8 Å². The maximum atomic E-state index is 13.9. The Bertz CT molecular complexity index is 1510. The normalized spacial score (nSPS) is 15.8. The van der Waals surface area contributed by atoms with Crippen molar-refractivity contribution in [2.75, 3.05) is 25.5 Å². The minimum atomic E-state index is -0.372. The third kappa shape index (κ3) is 3.00. The molecule has 0 saturated heterocycles. The first-order valence-electron chi connectivity index (χ1n) is 10.9. The monoisotopic (exact) mass is 440 g/mol. The van der Waals surface area contributed by atoms with Crippen LogP contribution in [0.15, 0.2) is 55.2 Å². The van der Waals surface area contributed by atoms with Gasteiger partial charge in [0.15, 0.2) is 0 Å². The molecule has 0 unspecified atom stereocenters. The molecule has 1 atom stereocenters. The molecule has 0 aliphatic carbocycles. The van der Waals surface area contributed by atoms with E-state index in [4.69, 9.17) is 5.10 Å². The number of carbonyl (C=O) groups is 1. The van der Waals surface area contributed by atoms with Crippen LogP contribution >= 0.6 is 0 Å². The summed E-state index contributed by atoms with van der Waals surface area (Å²) in [6, 6.07) is 9.67. The Hall–Kier alpha value is -4.14. The molecule has 1 aliphatic rings. The summed E-state index contributed by atoms with van der Waals surface area (Å²) in [4.78, 5) is 25.6. The Kier molecular flexibility index (Phi) is 4.26. The van der Waals surface area contributed by atoms with Crippen LogP contribution in [-0.2, 0) is 6.42 Å². The number of nitrogens with one attached hydrogen (secondary N) is 1. The van der Waals surface area contributed by atoms with Gasteiger partial charge in [0.1, 0.15) is 6.04 Å². The first-order chi connectivity index (χ1) is 16.0. The largest absolute Gasteiger partial charge is 0.376 e. The predicted molar refractivity (Wildman–Crippen MR) is 125 cm³/mol. The average molecular weight is 441 g/mol. The SMILES string of the molecule is Cc1cccn2nc([C@@H]3c4nc[nH]c4CCN3C(=O)c3cnn4cc(N(C)C)ccc34)cc12. The van der Waals surface area contributed by atoms with E-state index >= 15 is 0 Å². The molecule has 9 heteroatoms. The summed E-state index contributed by atoms with van der Waals surface area (Å²) in [5.41, 5.74) is 7.22. The summed E-state index contributed by atoms with van der Waals surface area (Å²) in [7, 11) is 3.96. The fraction of sp³-hybridized carbons (Fsp3) is 0.250. The van der Waals surface area contributed by atoms with E-state index in [0.29, 0.717) is 18.5 Å². The highest BCUT2D eigenvalue weighted by molar-refractivity contribution is 6.01. The van der Waals surface area contributed by atoms with Crippen LogP contribution in [0, 0.1) is 6.92 Å². The molecule has 0 fully saturated rings. The number of rotatable bonds is 3. The van der Waals surface area contributed by atoms with Crippen LogP contribution in [0.3, 0.4) is 0 Å². The van der Waals surface area contributed by atoms with Crippen molar-refractivity contribution in [2.24, 2.45) is 0 Å². The van der Waals surface area contributed by atoms with E-state index in [1.165, 1.54) is 0 Å². The summed E-state index contributed by atoms with van der Waals surface area (Å²) < 4.78 is 3.63. The Morgan fingerprint density at radius 1 is 1.18 bits per heavy atom. The molecule has 0 aromatic carbocycles. The van der Waals surface area contributed by atoms with Crippen molar-refractivity contribution in [3.8, 4) is 0 Å². The third-order valence-corrected chi connectivity index (χ3v) is 6.45. The van der Waals surface area contributed by atoms with Crippen molar-refractivity contribution in [3.63, 3.8) is 0 Å². The van der Waals surface area contributed by atoms with E-state index in [9.17, 15) is 4.79 Å². The Balaban J connectivity index is 1.46. The van der Waals surface area contributed by atoms with Crippen LogP contribution in [-0.4, -0.2) is 60.6 Å². The van der Waals surface area contributed by atoms with Crippen molar-refractivity contribution in [1.29, 1.82) is 0 Å². The standard InChI is InChI=1S/C24H24N8O/c1-15-5-4-9-31-21(15)11-19(28-31)23-22-18(25-14-26-22)8-10-30(23)24(33)17-12-27-32-13-16(29(2)3)6-7-20(17)32/h4-7,9,11-14,23H,8,10H2,1-3H3,(H,25,26)/t23-/m1/s1. The number of nitrogens with zero attached hydrogens (tertiary/aromatic N) is 7. The zero-order valence-corrected chi connectivity index (χ0v) is 18.7. The van der Waals surface area contributed by atoms with Crippen LogP contribution in [0.25, 0.3) is 11.0 Å². The van der Waals surface area contributed by atoms with Crippen molar-refractivity contribution in [3.05, 3.63) is 83.5 Å². The zero-order valence-electron chi connectivity index (χ0n) is 18.7. The van der Waals surface area contributed by atoms with Gasteiger partial charge in [0.05, 0.1) is 52.4 Å². The number of aromatic nitrogens is 6. The second-order valence-electron chi connectivity index (χ2n) is 8.68. The average Bonchev–Trinajstić information content (AvgIpc) is 3.55. The number of fused-ring (bicyclic) bond motifs is 3. The molecular weight excluding hydrogens is 416 g/mol. The van der Waals surface area contributed by atoms with Crippen molar-refractivity contribution in [2.45, 2.75) is 19.4 Å². The van der Waals surface area contributed by atoms with E-state index in [1.807, 2.05) is 59.0 Å². The van der Waals surface area contributed by atoms with E-state index in [-0.39, 0.29) is 11.9 Å². The van der Waals surface area contributed by atoms with Gasteiger partial charge in [-0.25, -0.2) is 14.0 Å². The minimum absolute atomic E-state index is 0.0740. The molecule has 0 saturated carbocycles. The summed E-state index contributed by atoms with van der Waals surface area (Å²) in [5.74, 6) is -0.0740. The summed E-state index contributed by atoms with van der Waals surface area (Å²) in [6.07, 6.45) is 7.93. The quantitative estimate of drug-likeness (QED) is 0.466. The maximum Gasteiger partial charge on any atom is 0.258 e. The van der Waals surface area contributed by atoms with Crippen LogP contribution in [0.1, 0.15) is 39.0 Å². The third-order valence-electron chi connectivity index (χ3n) is 6.45. The zero-order chi connectivity index (χ0) is 22.7. The van der Waals surface area contributed by atoms with Gasteiger partial charge in [-0.3, -0.25) is 4.79 Å². The molecule has 0 spiro atoms. The summed E-state index contributed by atoms with van der Waals surface area (Å²) >= 11 is 0. The highest BCUT2D eigenvalue weighted by atomic mass is 16.2. The Morgan fingerprint density at radius 2 is 2.06 bits per heavy atom. The molecule has 33 heavy (non-hydrogen) atoms. The maximum absolute atomic E-state index is 13.9. The number of aromatic amines is 1. The fourth-order valence-electron chi connectivity index (χ4n) is 4.66. The van der Waals surface area contributed by atoms with E-state index in [0.717, 1.165) is 39.4 Å². The number of pyridine rings is 2. The van der Waals surface area contributed by atoms with E-state index in [2.05, 4.69) is 34.1 Å². The highest BCUT2D eigenvalue weighted by Crippen LogP contribution is 2.35. The van der Waals surface area contributed by atoms with Crippen molar-refractivity contribution < 1.29 is 4.79 Å². The van der Waals surface area contributed by atoms with Crippen LogP contribution in [0.4, 0.5) is 5.69 Å². The second kappa shape index (κ2) is 7.19. The highest BCUT2D eigenvalue weighted by Gasteiger charge is 2.37. The molecule has 0 radical (unpaired) electrons. The van der Waals surface area contributed by atoms with Gasteiger partial charge in [-0.15, -0.1) is 0 Å². The van der Waals surface area contributed by atoms with Crippen molar-refractivity contribution in [1.82, 2.24) is 34.1 Å². The molecule has 0 bridgehead atoms. The number of aryl methyl sites for hydroxylation is 1. The molecule has 6 heterocycles. The van der Waals surface area contributed by atoms with E-state index < -0.39 is 0 Å². The molecule has 6 rings (SSSR count). The van der Waals surface area contributed by atoms with Gasteiger partial charge in [-0.05, 0) is 36.8 Å². The number of anilines is 1. The van der Waals surface area contributed by atoms with Crippen LogP contribution in [0.2, 0.25) is 0 Å². The van der Waals surface area contributed by atoms with Crippen LogP contribution in [0.5, 0.6) is 0 Å². The second-order valence-corrected chi connectivity index (χ2v) is 8.68. The van der Waals surface area contributed by atoms with Gasteiger partial charge in [-0.2, -0.15) is 10.2 Å². The summed E-state index contributed by atoms with van der Waals surface area (Å²) in [5, 5.41) is 9.28. The summed E-state index contributed by atoms with van der Waals surface area (Å²) in [6.45, 7) is 2.63. The van der Waals surface area contributed by atoms with Gasteiger partial charge in [0.2, 0.25) is 0 Å². The van der Waals surface area contributed by atoms with Gasteiger partial charge < -0.3 is 14.8 Å². The Morgan fingerprint density at radius 3 is 2.88 bits per heavy atom. The Labute approximate surface area is 190 Å².